The Balaban J connectivity index is 2.15. The molecule has 0 N–H and O–H groups in total. The lowest BCUT2D eigenvalue weighted by Crippen LogP contribution is -1.85. The molecule has 62 valence electrons. The molecule has 1 saturated heterocycles. The third-order valence-corrected chi connectivity index (χ3v) is 2.04. The van der Waals surface area contributed by atoms with E-state index in [1.54, 1.807) is 0 Å². The van der Waals surface area contributed by atoms with E-state index in [-0.39, 0.29) is 0 Å². The average molecular weight is 160 g/mol. The zero-order chi connectivity index (χ0) is 8.39. The topological polar surface area (TPSA) is 12.5 Å². The lowest BCUT2D eigenvalue weighted by Gasteiger charge is -1.95. The molecule has 1 atom stereocenters. The van der Waals surface area contributed by atoms with Crippen molar-refractivity contribution in [2.24, 2.45) is 0 Å². The number of ether oxygens (including phenoxy) is 1. The van der Waals surface area contributed by atoms with Gasteiger partial charge in [-0.05, 0) is 18.1 Å². The highest BCUT2D eigenvalue weighted by Crippen LogP contribution is 2.20. The van der Waals surface area contributed by atoms with Gasteiger partial charge in [0, 0.05) is 0 Å². The summed E-state index contributed by atoms with van der Waals surface area (Å²) in [5, 5.41) is 0. The third-order valence-electron chi connectivity index (χ3n) is 2.04. The van der Waals surface area contributed by atoms with E-state index in [9.17, 15) is 0 Å². The molecule has 1 aromatic carbocycles. The second-order valence-electron chi connectivity index (χ2n) is 3.12. The van der Waals surface area contributed by atoms with Crippen LogP contribution in [0.1, 0.15) is 12.5 Å². The molecule has 1 aromatic rings. The summed E-state index contributed by atoms with van der Waals surface area (Å²) in [6, 6.07) is 10.3. The van der Waals surface area contributed by atoms with Crippen LogP contribution >= 0.6 is 0 Å². The maximum Gasteiger partial charge on any atom is 0.102 e. The maximum absolute atomic E-state index is 5.17. The van der Waals surface area contributed by atoms with E-state index in [0.717, 1.165) is 6.61 Å². The van der Waals surface area contributed by atoms with E-state index >= 15 is 0 Å². The van der Waals surface area contributed by atoms with Crippen molar-refractivity contribution >= 4 is 6.08 Å². The molecule has 1 aliphatic rings. The SMILES string of the molecule is C/C(=C/c1ccccc1)[C@H]1CO1. The van der Waals surface area contributed by atoms with Gasteiger partial charge in [0.2, 0.25) is 0 Å². The predicted octanol–water partition coefficient (Wildman–Crippen LogP) is 2.49. The first-order chi connectivity index (χ1) is 5.86. The Hall–Kier alpha value is -1.08. The van der Waals surface area contributed by atoms with Crippen LogP contribution in [0.5, 0.6) is 0 Å². The zero-order valence-electron chi connectivity index (χ0n) is 7.16. The highest BCUT2D eigenvalue weighted by molar-refractivity contribution is 5.53. The Morgan fingerprint density at radius 1 is 1.42 bits per heavy atom. The molecule has 0 unspecified atom stereocenters. The molecular formula is C11H12O. The van der Waals surface area contributed by atoms with E-state index in [1.165, 1.54) is 11.1 Å². The minimum absolute atomic E-state index is 0.394. The fourth-order valence-corrected chi connectivity index (χ4v) is 1.22. The monoisotopic (exact) mass is 160 g/mol. The highest BCUT2D eigenvalue weighted by atomic mass is 16.6. The molecule has 1 nitrogen and oxygen atoms in total. The van der Waals surface area contributed by atoms with Crippen molar-refractivity contribution in [3.8, 4) is 0 Å². The van der Waals surface area contributed by atoms with Gasteiger partial charge in [0.15, 0.2) is 0 Å². The van der Waals surface area contributed by atoms with E-state index in [1.807, 2.05) is 18.2 Å². The first-order valence-electron chi connectivity index (χ1n) is 4.21. The predicted molar refractivity (Wildman–Crippen MR) is 49.8 cm³/mol. The summed E-state index contributed by atoms with van der Waals surface area (Å²) in [4.78, 5) is 0. The zero-order valence-corrected chi connectivity index (χ0v) is 7.16. The molecular weight excluding hydrogens is 148 g/mol. The van der Waals surface area contributed by atoms with Crippen molar-refractivity contribution in [3.05, 3.63) is 41.5 Å². The minimum atomic E-state index is 0.394. The van der Waals surface area contributed by atoms with Crippen molar-refractivity contribution in [3.63, 3.8) is 0 Å². The van der Waals surface area contributed by atoms with Gasteiger partial charge in [0.1, 0.15) is 6.10 Å². The minimum Gasteiger partial charge on any atom is -0.368 e. The first kappa shape index (κ1) is 7.56. The Morgan fingerprint density at radius 3 is 2.67 bits per heavy atom. The Bertz CT molecular complexity index is 283. The number of rotatable bonds is 2. The van der Waals surface area contributed by atoms with Gasteiger partial charge in [-0.2, -0.15) is 0 Å². The molecule has 1 fully saturated rings. The van der Waals surface area contributed by atoms with Gasteiger partial charge in [-0.25, -0.2) is 0 Å². The van der Waals surface area contributed by atoms with E-state index in [4.69, 9.17) is 4.74 Å². The smallest absolute Gasteiger partial charge is 0.102 e. The molecule has 0 spiro atoms. The Kier molecular flexibility index (Phi) is 1.96. The second kappa shape index (κ2) is 3.11. The lowest BCUT2D eigenvalue weighted by molar-refractivity contribution is 0.432. The number of hydrogen-bond donors (Lipinski definition) is 0. The standard InChI is InChI=1S/C11H12O/c1-9(11-8-12-11)7-10-5-3-2-4-6-10/h2-7,11H,8H2,1H3/b9-7-/t11-/m1/s1. The summed E-state index contributed by atoms with van der Waals surface area (Å²) >= 11 is 0. The molecule has 0 bridgehead atoms. The molecule has 0 aromatic heterocycles. The van der Waals surface area contributed by atoms with E-state index in [0.29, 0.717) is 6.10 Å². The van der Waals surface area contributed by atoms with Gasteiger partial charge in [-0.15, -0.1) is 0 Å². The van der Waals surface area contributed by atoms with Crippen LogP contribution in [0.2, 0.25) is 0 Å². The third kappa shape index (κ3) is 1.74. The van der Waals surface area contributed by atoms with Crippen molar-refractivity contribution in [2.45, 2.75) is 13.0 Å². The van der Waals surface area contributed by atoms with E-state index in [2.05, 4.69) is 25.1 Å². The molecule has 0 amide bonds. The average Bonchev–Trinajstić information content (AvgIpc) is 2.88. The first-order valence-corrected chi connectivity index (χ1v) is 4.21. The van der Waals surface area contributed by atoms with Gasteiger partial charge in [0.05, 0.1) is 6.61 Å². The summed E-state index contributed by atoms with van der Waals surface area (Å²) in [6.07, 6.45) is 2.57. The van der Waals surface area contributed by atoms with Gasteiger partial charge in [0.25, 0.3) is 0 Å². The van der Waals surface area contributed by atoms with Crippen LogP contribution in [-0.2, 0) is 4.74 Å². The summed E-state index contributed by atoms with van der Waals surface area (Å²) in [5.41, 5.74) is 2.58. The Labute approximate surface area is 72.7 Å². The molecule has 1 aliphatic heterocycles. The molecule has 0 radical (unpaired) electrons. The fourth-order valence-electron chi connectivity index (χ4n) is 1.22. The second-order valence-corrected chi connectivity index (χ2v) is 3.12. The molecule has 0 aliphatic carbocycles. The van der Waals surface area contributed by atoms with Crippen LogP contribution < -0.4 is 0 Å². The number of benzene rings is 1. The van der Waals surface area contributed by atoms with Gasteiger partial charge in [-0.3, -0.25) is 0 Å². The number of epoxide rings is 1. The highest BCUT2D eigenvalue weighted by Gasteiger charge is 2.23. The lowest BCUT2D eigenvalue weighted by atomic mass is 10.1. The van der Waals surface area contributed by atoms with Crippen LogP contribution in [0, 0.1) is 0 Å². The van der Waals surface area contributed by atoms with Gasteiger partial charge >= 0.3 is 0 Å². The molecule has 12 heavy (non-hydrogen) atoms. The molecule has 2 rings (SSSR count). The van der Waals surface area contributed by atoms with Crippen LogP contribution in [0.25, 0.3) is 6.08 Å². The summed E-state index contributed by atoms with van der Waals surface area (Å²) in [5.74, 6) is 0. The van der Waals surface area contributed by atoms with Crippen molar-refractivity contribution in [2.75, 3.05) is 6.61 Å². The largest absolute Gasteiger partial charge is 0.368 e. The van der Waals surface area contributed by atoms with Crippen molar-refractivity contribution in [1.82, 2.24) is 0 Å². The maximum atomic E-state index is 5.17. The van der Waals surface area contributed by atoms with Gasteiger partial charge < -0.3 is 4.74 Å². The molecule has 0 saturated carbocycles. The summed E-state index contributed by atoms with van der Waals surface area (Å²) in [7, 11) is 0. The van der Waals surface area contributed by atoms with Crippen LogP contribution in [0.4, 0.5) is 0 Å². The number of hydrogen-bond acceptors (Lipinski definition) is 1. The normalized spacial score (nSPS) is 22.4. The quantitative estimate of drug-likeness (QED) is 0.605. The van der Waals surface area contributed by atoms with Crippen molar-refractivity contribution in [1.29, 1.82) is 0 Å². The van der Waals surface area contributed by atoms with E-state index < -0.39 is 0 Å². The van der Waals surface area contributed by atoms with Crippen molar-refractivity contribution < 1.29 is 4.74 Å². The van der Waals surface area contributed by atoms with Gasteiger partial charge in [-0.1, -0.05) is 36.4 Å². The van der Waals surface area contributed by atoms with Crippen LogP contribution in [-0.4, -0.2) is 12.7 Å². The Morgan fingerprint density at radius 2 is 2.08 bits per heavy atom. The fraction of sp³-hybridized carbons (Fsp3) is 0.273. The molecule has 1 heteroatoms. The summed E-state index contributed by atoms with van der Waals surface area (Å²) < 4.78 is 5.17. The molecule has 1 heterocycles. The summed E-state index contributed by atoms with van der Waals surface area (Å²) in [6.45, 7) is 3.01. The van der Waals surface area contributed by atoms with Crippen LogP contribution in [0.3, 0.4) is 0 Å². The van der Waals surface area contributed by atoms with Crippen LogP contribution in [0.15, 0.2) is 35.9 Å².